The summed E-state index contributed by atoms with van der Waals surface area (Å²) >= 11 is 0. The molecule has 6 heteroatoms. The third-order valence-electron chi connectivity index (χ3n) is 2.52. The fourth-order valence-electron chi connectivity index (χ4n) is 1.48. The molecular formula is C12H21N5O. The van der Waals surface area contributed by atoms with Crippen molar-refractivity contribution < 1.29 is 4.79 Å². The van der Waals surface area contributed by atoms with Crippen LogP contribution in [0.25, 0.3) is 0 Å². The Balaban J connectivity index is 2.85. The summed E-state index contributed by atoms with van der Waals surface area (Å²) < 4.78 is 0. The highest BCUT2D eigenvalue weighted by atomic mass is 16.2. The molecule has 0 aliphatic heterocycles. The molecule has 0 saturated heterocycles. The highest BCUT2D eigenvalue weighted by Gasteiger charge is 2.14. The summed E-state index contributed by atoms with van der Waals surface area (Å²) in [6.07, 6.45) is 4.28. The van der Waals surface area contributed by atoms with Gasteiger partial charge in [0.15, 0.2) is 0 Å². The molecule has 18 heavy (non-hydrogen) atoms. The molecule has 1 N–H and O–H groups in total. The average molecular weight is 251 g/mol. The van der Waals surface area contributed by atoms with E-state index in [2.05, 4.69) is 22.2 Å². The molecule has 0 radical (unpaired) electrons. The third kappa shape index (κ3) is 3.87. The van der Waals surface area contributed by atoms with Gasteiger partial charge in [-0.05, 0) is 6.42 Å². The molecule has 1 amide bonds. The molecule has 0 aliphatic rings. The van der Waals surface area contributed by atoms with Gasteiger partial charge in [0.05, 0.1) is 18.9 Å². The molecule has 0 bridgehead atoms. The Morgan fingerprint density at radius 3 is 2.67 bits per heavy atom. The Kier molecular flexibility index (Phi) is 5.35. The lowest BCUT2D eigenvalue weighted by Gasteiger charge is -2.24. The van der Waals surface area contributed by atoms with Crippen molar-refractivity contribution in [1.29, 1.82) is 0 Å². The molecule has 0 spiro atoms. The van der Waals surface area contributed by atoms with E-state index in [0.717, 1.165) is 18.8 Å². The fraction of sp³-hybridized carbons (Fsp3) is 0.583. The second-order valence-electron chi connectivity index (χ2n) is 4.22. The molecule has 0 aromatic carbocycles. The van der Waals surface area contributed by atoms with Gasteiger partial charge in [-0.25, -0.2) is 4.98 Å². The SMILES string of the molecule is CCCN(CC(=O)N(C)C)c1cncc(NC)n1. The minimum atomic E-state index is 0.0557. The first-order valence-electron chi connectivity index (χ1n) is 6.03. The first-order chi connectivity index (χ1) is 8.58. The second kappa shape index (κ2) is 6.78. The van der Waals surface area contributed by atoms with Gasteiger partial charge in [-0.15, -0.1) is 0 Å². The number of hydrogen-bond donors (Lipinski definition) is 1. The van der Waals surface area contributed by atoms with Gasteiger partial charge in [0.25, 0.3) is 0 Å². The molecule has 0 aliphatic carbocycles. The van der Waals surface area contributed by atoms with Crippen LogP contribution >= 0.6 is 0 Å². The second-order valence-corrected chi connectivity index (χ2v) is 4.22. The normalized spacial score (nSPS) is 10.0. The van der Waals surface area contributed by atoms with Gasteiger partial charge in [-0.2, -0.15) is 0 Å². The summed E-state index contributed by atoms with van der Waals surface area (Å²) in [5.41, 5.74) is 0. The van der Waals surface area contributed by atoms with Crippen LogP contribution in [-0.2, 0) is 4.79 Å². The summed E-state index contributed by atoms with van der Waals surface area (Å²) in [7, 11) is 5.30. The van der Waals surface area contributed by atoms with Gasteiger partial charge in [-0.3, -0.25) is 9.78 Å². The molecule has 0 saturated carbocycles. The maximum Gasteiger partial charge on any atom is 0.241 e. The van der Waals surface area contributed by atoms with Crippen molar-refractivity contribution in [3.8, 4) is 0 Å². The van der Waals surface area contributed by atoms with Gasteiger partial charge in [-0.1, -0.05) is 6.92 Å². The minimum Gasteiger partial charge on any atom is -0.372 e. The Morgan fingerprint density at radius 1 is 1.39 bits per heavy atom. The van der Waals surface area contributed by atoms with Gasteiger partial charge in [0.1, 0.15) is 11.6 Å². The molecule has 1 heterocycles. The summed E-state index contributed by atoms with van der Waals surface area (Å²) in [5, 5.41) is 2.94. The molecule has 0 fully saturated rings. The standard InChI is InChI=1S/C12H21N5O/c1-5-6-17(9-12(18)16(3)4)11-8-14-7-10(13-2)15-11/h7-8H,5-6,9H2,1-4H3,(H,13,15). The lowest BCUT2D eigenvalue weighted by Crippen LogP contribution is -2.37. The lowest BCUT2D eigenvalue weighted by molar-refractivity contribution is -0.127. The van der Waals surface area contributed by atoms with Crippen LogP contribution in [0.5, 0.6) is 0 Å². The number of aromatic nitrogens is 2. The van der Waals surface area contributed by atoms with Crippen LogP contribution in [0.2, 0.25) is 0 Å². The largest absolute Gasteiger partial charge is 0.372 e. The summed E-state index contributed by atoms with van der Waals surface area (Å²) in [5.74, 6) is 1.48. The van der Waals surface area contributed by atoms with Crippen molar-refractivity contribution in [2.75, 3.05) is 44.4 Å². The van der Waals surface area contributed by atoms with E-state index < -0.39 is 0 Å². The van der Waals surface area contributed by atoms with Crippen LogP contribution in [0.4, 0.5) is 11.6 Å². The smallest absolute Gasteiger partial charge is 0.241 e. The molecule has 6 nitrogen and oxygen atoms in total. The number of likely N-dealkylation sites (N-methyl/N-ethyl adjacent to an activating group) is 1. The highest BCUT2D eigenvalue weighted by Crippen LogP contribution is 2.12. The van der Waals surface area contributed by atoms with E-state index in [0.29, 0.717) is 12.4 Å². The van der Waals surface area contributed by atoms with Crippen LogP contribution in [0.3, 0.4) is 0 Å². The number of anilines is 2. The molecular weight excluding hydrogens is 230 g/mol. The van der Waals surface area contributed by atoms with Gasteiger partial charge in [0.2, 0.25) is 5.91 Å². The molecule has 1 rings (SSSR count). The summed E-state index contributed by atoms with van der Waals surface area (Å²) in [6.45, 7) is 3.17. The van der Waals surface area contributed by atoms with E-state index in [9.17, 15) is 4.79 Å². The third-order valence-corrected chi connectivity index (χ3v) is 2.52. The lowest BCUT2D eigenvalue weighted by atomic mass is 10.3. The minimum absolute atomic E-state index is 0.0557. The summed E-state index contributed by atoms with van der Waals surface area (Å²) in [4.78, 5) is 23.8. The topological polar surface area (TPSA) is 61.4 Å². The van der Waals surface area contributed by atoms with Crippen molar-refractivity contribution in [3.63, 3.8) is 0 Å². The van der Waals surface area contributed by atoms with E-state index in [1.165, 1.54) is 0 Å². The number of amides is 1. The van der Waals surface area contributed by atoms with Crippen LogP contribution in [0, 0.1) is 0 Å². The molecule has 0 atom stereocenters. The van der Waals surface area contributed by atoms with Crippen LogP contribution in [0.15, 0.2) is 12.4 Å². The Hall–Kier alpha value is -1.85. The first-order valence-corrected chi connectivity index (χ1v) is 6.03. The van der Waals surface area contributed by atoms with E-state index >= 15 is 0 Å². The summed E-state index contributed by atoms with van der Waals surface area (Å²) in [6, 6.07) is 0. The number of carbonyl (C=O) groups is 1. The Bertz CT molecular complexity index is 394. The highest BCUT2D eigenvalue weighted by molar-refractivity contribution is 5.80. The van der Waals surface area contributed by atoms with Crippen LogP contribution in [-0.4, -0.2) is 55.0 Å². The Morgan fingerprint density at radius 2 is 2.11 bits per heavy atom. The number of hydrogen-bond acceptors (Lipinski definition) is 5. The van der Waals surface area contributed by atoms with Crippen molar-refractivity contribution in [2.45, 2.75) is 13.3 Å². The van der Waals surface area contributed by atoms with Crippen LogP contribution in [0.1, 0.15) is 13.3 Å². The number of nitrogens with zero attached hydrogens (tertiary/aromatic N) is 4. The zero-order valence-corrected chi connectivity index (χ0v) is 11.5. The van der Waals surface area contributed by atoms with E-state index in [1.807, 2.05) is 4.90 Å². The number of nitrogens with one attached hydrogen (secondary N) is 1. The molecule has 0 unspecified atom stereocenters. The zero-order valence-electron chi connectivity index (χ0n) is 11.5. The molecule has 100 valence electrons. The van der Waals surface area contributed by atoms with E-state index in [-0.39, 0.29) is 5.91 Å². The predicted octanol–water partition coefficient (Wildman–Crippen LogP) is 0.823. The van der Waals surface area contributed by atoms with Gasteiger partial charge < -0.3 is 15.1 Å². The van der Waals surface area contributed by atoms with Crippen molar-refractivity contribution in [1.82, 2.24) is 14.9 Å². The molecule has 1 aromatic rings. The maximum atomic E-state index is 11.8. The average Bonchev–Trinajstić information content (AvgIpc) is 2.38. The van der Waals surface area contributed by atoms with Gasteiger partial charge in [0, 0.05) is 27.7 Å². The first kappa shape index (κ1) is 14.2. The van der Waals surface area contributed by atoms with E-state index in [1.54, 1.807) is 38.4 Å². The predicted molar refractivity (Wildman–Crippen MR) is 72.8 cm³/mol. The fourth-order valence-corrected chi connectivity index (χ4v) is 1.48. The molecule has 1 aromatic heterocycles. The zero-order chi connectivity index (χ0) is 13.5. The van der Waals surface area contributed by atoms with Gasteiger partial charge >= 0.3 is 0 Å². The number of rotatable bonds is 6. The maximum absolute atomic E-state index is 11.8. The van der Waals surface area contributed by atoms with Crippen molar-refractivity contribution >= 4 is 17.5 Å². The van der Waals surface area contributed by atoms with E-state index in [4.69, 9.17) is 0 Å². The van der Waals surface area contributed by atoms with Crippen molar-refractivity contribution in [2.24, 2.45) is 0 Å². The van der Waals surface area contributed by atoms with Crippen LogP contribution < -0.4 is 10.2 Å². The number of carbonyl (C=O) groups excluding carboxylic acids is 1. The quantitative estimate of drug-likeness (QED) is 0.811. The van der Waals surface area contributed by atoms with Crippen molar-refractivity contribution in [3.05, 3.63) is 12.4 Å². The Labute approximate surface area is 108 Å². The monoisotopic (exact) mass is 251 g/mol.